The van der Waals surface area contributed by atoms with Crippen LogP contribution in [0.1, 0.15) is 56.7 Å². The molecule has 0 aliphatic heterocycles. The highest BCUT2D eigenvalue weighted by atomic mass is 35.7. The Kier molecular flexibility index (Phi) is 6.34. The minimum absolute atomic E-state index is 0.359. The number of hydrogen-bond acceptors (Lipinski definition) is 2. The molecule has 2 nitrogen and oxygen atoms in total. The van der Waals surface area contributed by atoms with E-state index in [4.69, 9.17) is 10.7 Å². The van der Waals surface area contributed by atoms with Gasteiger partial charge in [-0.15, -0.1) is 0 Å². The molecule has 0 unspecified atom stereocenters. The van der Waals surface area contributed by atoms with Crippen LogP contribution >= 0.6 is 10.7 Å². The molecule has 0 fully saturated rings. The zero-order valence-corrected chi connectivity index (χ0v) is 13.6. The zero-order chi connectivity index (χ0) is 14.5. The second kappa shape index (κ2) is 7.30. The lowest BCUT2D eigenvalue weighted by Crippen LogP contribution is -2.06. The first kappa shape index (κ1) is 16.5. The van der Waals surface area contributed by atoms with E-state index in [0.29, 0.717) is 4.90 Å². The molecule has 0 aromatic heterocycles. The molecule has 0 aliphatic rings. The highest BCUT2D eigenvalue weighted by Crippen LogP contribution is 2.29. The van der Waals surface area contributed by atoms with Crippen molar-refractivity contribution in [2.45, 2.75) is 64.2 Å². The van der Waals surface area contributed by atoms with Gasteiger partial charge in [0, 0.05) is 10.7 Å². The van der Waals surface area contributed by atoms with E-state index < -0.39 is 9.05 Å². The van der Waals surface area contributed by atoms with Gasteiger partial charge in [0.1, 0.15) is 0 Å². The van der Waals surface area contributed by atoms with Crippen molar-refractivity contribution >= 4 is 19.7 Å². The van der Waals surface area contributed by atoms with Crippen molar-refractivity contribution < 1.29 is 8.42 Å². The second-order valence-electron chi connectivity index (χ2n) is 4.93. The molecular weight excluding hydrogens is 280 g/mol. The van der Waals surface area contributed by atoms with Gasteiger partial charge in [-0.3, -0.25) is 0 Å². The van der Waals surface area contributed by atoms with Gasteiger partial charge in [0.25, 0.3) is 9.05 Å². The Morgan fingerprint density at radius 1 is 0.895 bits per heavy atom. The summed E-state index contributed by atoms with van der Waals surface area (Å²) in [6, 6.07) is 4.03. The summed E-state index contributed by atoms with van der Waals surface area (Å²) in [6.07, 6.45) is 5.40. The van der Waals surface area contributed by atoms with Crippen molar-refractivity contribution in [1.29, 1.82) is 0 Å². The second-order valence-corrected chi connectivity index (χ2v) is 7.43. The summed E-state index contributed by atoms with van der Waals surface area (Å²) < 4.78 is 23.7. The van der Waals surface area contributed by atoms with Crippen LogP contribution in [0.5, 0.6) is 0 Å². The lowest BCUT2D eigenvalue weighted by Gasteiger charge is -2.14. The van der Waals surface area contributed by atoms with E-state index in [9.17, 15) is 8.42 Å². The first-order valence-electron chi connectivity index (χ1n) is 7.03. The van der Waals surface area contributed by atoms with Crippen LogP contribution in [0.15, 0.2) is 17.0 Å². The molecule has 4 heteroatoms. The van der Waals surface area contributed by atoms with Crippen molar-refractivity contribution in [3.63, 3.8) is 0 Å². The number of aryl methyl sites for hydroxylation is 3. The minimum Gasteiger partial charge on any atom is -0.207 e. The third-order valence-corrected chi connectivity index (χ3v) is 4.60. The quantitative estimate of drug-likeness (QED) is 0.696. The van der Waals surface area contributed by atoms with E-state index in [0.717, 1.165) is 49.7 Å². The lowest BCUT2D eigenvalue weighted by atomic mass is 9.97. The topological polar surface area (TPSA) is 34.1 Å². The normalized spacial score (nSPS) is 11.8. The van der Waals surface area contributed by atoms with E-state index in [-0.39, 0.29) is 0 Å². The summed E-state index contributed by atoms with van der Waals surface area (Å²) in [7, 11) is 1.97. The zero-order valence-electron chi connectivity index (χ0n) is 12.0. The highest BCUT2D eigenvalue weighted by Gasteiger charge is 2.20. The van der Waals surface area contributed by atoms with Crippen molar-refractivity contribution in [3.05, 3.63) is 28.8 Å². The largest absolute Gasteiger partial charge is 0.261 e. The van der Waals surface area contributed by atoms with E-state index in [1.807, 2.05) is 12.1 Å². The van der Waals surface area contributed by atoms with E-state index in [1.165, 1.54) is 5.56 Å². The van der Waals surface area contributed by atoms with Crippen molar-refractivity contribution in [3.8, 4) is 0 Å². The molecule has 0 atom stereocenters. The number of rotatable bonds is 7. The van der Waals surface area contributed by atoms with Gasteiger partial charge in [-0.2, -0.15) is 0 Å². The maximum atomic E-state index is 11.9. The molecule has 0 amide bonds. The molecule has 0 heterocycles. The third kappa shape index (κ3) is 4.50. The Labute approximate surface area is 121 Å². The van der Waals surface area contributed by atoms with Gasteiger partial charge in [0.15, 0.2) is 0 Å². The Bertz CT molecular complexity index is 494. The third-order valence-electron chi connectivity index (χ3n) is 3.12. The van der Waals surface area contributed by atoms with Crippen LogP contribution in [-0.4, -0.2) is 8.42 Å². The summed E-state index contributed by atoms with van der Waals surface area (Å²) in [4.78, 5) is 0.359. The standard InChI is InChI=1S/C15H23ClO2S/c1-4-7-12-10-13(8-5-2)15(19(16,17)18)14(11-12)9-6-3/h10-11H,4-9H2,1-3H3. The maximum absolute atomic E-state index is 11.9. The highest BCUT2D eigenvalue weighted by molar-refractivity contribution is 8.13. The molecule has 1 aromatic rings. The predicted octanol–water partition coefficient (Wildman–Crippen LogP) is 4.47. The molecule has 108 valence electrons. The fourth-order valence-corrected chi connectivity index (χ4v) is 4.03. The predicted molar refractivity (Wildman–Crippen MR) is 81.5 cm³/mol. The Hall–Kier alpha value is -0.540. The van der Waals surface area contributed by atoms with Crippen LogP contribution in [0.25, 0.3) is 0 Å². The van der Waals surface area contributed by atoms with Gasteiger partial charge < -0.3 is 0 Å². The lowest BCUT2D eigenvalue weighted by molar-refractivity contribution is 0.606. The summed E-state index contributed by atoms with van der Waals surface area (Å²) >= 11 is 0. The summed E-state index contributed by atoms with van der Waals surface area (Å²) in [5.74, 6) is 0. The summed E-state index contributed by atoms with van der Waals surface area (Å²) in [5, 5.41) is 0. The van der Waals surface area contributed by atoms with Crippen LogP contribution in [0, 0.1) is 0 Å². The van der Waals surface area contributed by atoms with Gasteiger partial charge in [-0.25, -0.2) is 8.42 Å². The molecule has 1 aromatic carbocycles. The Morgan fingerprint density at radius 2 is 1.32 bits per heavy atom. The molecule has 19 heavy (non-hydrogen) atoms. The van der Waals surface area contributed by atoms with E-state index in [2.05, 4.69) is 20.8 Å². The molecule has 1 rings (SSSR count). The van der Waals surface area contributed by atoms with Crippen LogP contribution in [0.2, 0.25) is 0 Å². The fourth-order valence-electron chi connectivity index (χ4n) is 2.48. The summed E-state index contributed by atoms with van der Waals surface area (Å²) in [6.45, 7) is 6.23. The average molecular weight is 303 g/mol. The SMILES string of the molecule is CCCc1cc(CCC)c(S(=O)(=O)Cl)c(CCC)c1. The maximum Gasteiger partial charge on any atom is 0.261 e. The average Bonchev–Trinajstić information content (AvgIpc) is 2.28. The number of hydrogen-bond donors (Lipinski definition) is 0. The van der Waals surface area contributed by atoms with Gasteiger partial charge in [0.05, 0.1) is 4.90 Å². The molecule has 0 spiro atoms. The van der Waals surface area contributed by atoms with Crippen molar-refractivity contribution in [2.75, 3.05) is 0 Å². The molecule has 0 aliphatic carbocycles. The molecule has 0 bridgehead atoms. The Balaban J connectivity index is 3.46. The number of halogens is 1. The first-order valence-corrected chi connectivity index (χ1v) is 9.34. The molecular formula is C15H23ClO2S. The van der Waals surface area contributed by atoms with Gasteiger partial charge >= 0.3 is 0 Å². The van der Waals surface area contributed by atoms with Crippen molar-refractivity contribution in [1.82, 2.24) is 0 Å². The molecule has 0 N–H and O–H groups in total. The monoisotopic (exact) mass is 302 g/mol. The molecule has 0 saturated heterocycles. The summed E-state index contributed by atoms with van der Waals surface area (Å²) in [5.41, 5.74) is 2.98. The van der Waals surface area contributed by atoms with E-state index in [1.54, 1.807) is 0 Å². The smallest absolute Gasteiger partial charge is 0.207 e. The Morgan fingerprint density at radius 3 is 1.63 bits per heavy atom. The van der Waals surface area contributed by atoms with Crippen LogP contribution < -0.4 is 0 Å². The fraction of sp³-hybridized carbons (Fsp3) is 0.600. The van der Waals surface area contributed by atoms with Gasteiger partial charge in [-0.05, 0) is 36.0 Å². The molecule has 0 radical (unpaired) electrons. The molecule has 0 saturated carbocycles. The van der Waals surface area contributed by atoms with Crippen LogP contribution in [0.4, 0.5) is 0 Å². The van der Waals surface area contributed by atoms with Gasteiger partial charge in [-0.1, -0.05) is 52.2 Å². The number of benzene rings is 1. The van der Waals surface area contributed by atoms with Crippen LogP contribution in [0.3, 0.4) is 0 Å². The minimum atomic E-state index is -3.67. The van der Waals surface area contributed by atoms with Crippen molar-refractivity contribution in [2.24, 2.45) is 0 Å². The van der Waals surface area contributed by atoms with Gasteiger partial charge in [0.2, 0.25) is 0 Å². The van der Waals surface area contributed by atoms with Crippen LogP contribution in [-0.2, 0) is 28.3 Å². The van der Waals surface area contributed by atoms with E-state index >= 15 is 0 Å². The first-order chi connectivity index (χ1) is 8.93.